The Morgan fingerprint density at radius 3 is 3.00 bits per heavy atom. The summed E-state index contributed by atoms with van der Waals surface area (Å²) in [6.07, 6.45) is 2.24. The van der Waals surface area contributed by atoms with Crippen LogP contribution in [0, 0.1) is 0 Å². The van der Waals surface area contributed by atoms with Crippen molar-refractivity contribution in [1.82, 2.24) is 14.9 Å². The largest absolute Gasteiger partial charge is 0.336 e. The van der Waals surface area contributed by atoms with Crippen LogP contribution < -0.4 is 5.32 Å². The number of amides is 2. The van der Waals surface area contributed by atoms with Gasteiger partial charge in [-0.1, -0.05) is 17.4 Å². The highest BCUT2D eigenvalue weighted by molar-refractivity contribution is 7.15. The van der Waals surface area contributed by atoms with E-state index in [9.17, 15) is 9.59 Å². The first-order chi connectivity index (χ1) is 10.7. The molecule has 2 aromatic rings. The molecule has 0 saturated heterocycles. The summed E-state index contributed by atoms with van der Waals surface area (Å²) >= 11 is 6.97. The molecule has 22 heavy (non-hydrogen) atoms. The molecule has 0 unspecified atom stereocenters. The molecule has 3 rings (SSSR count). The zero-order chi connectivity index (χ0) is 15.5. The zero-order valence-corrected chi connectivity index (χ0v) is 13.2. The van der Waals surface area contributed by atoms with Gasteiger partial charge in [0.25, 0.3) is 5.91 Å². The number of hydrogen-bond acceptors (Lipinski definition) is 5. The number of pyridine rings is 1. The summed E-state index contributed by atoms with van der Waals surface area (Å²) in [4.78, 5) is 34.8. The van der Waals surface area contributed by atoms with Crippen LogP contribution >= 0.6 is 22.9 Å². The third-order valence-corrected chi connectivity index (χ3v) is 4.54. The number of nitrogens with zero attached hydrogens (tertiary/aromatic N) is 3. The summed E-state index contributed by atoms with van der Waals surface area (Å²) in [5.74, 6) is -0.391. The minimum absolute atomic E-state index is 0.0165. The average molecular weight is 337 g/mol. The van der Waals surface area contributed by atoms with Crippen molar-refractivity contribution < 1.29 is 9.59 Å². The van der Waals surface area contributed by atoms with Crippen molar-refractivity contribution in [2.45, 2.75) is 13.0 Å². The summed E-state index contributed by atoms with van der Waals surface area (Å²) in [7, 11) is 0. The van der Waals surface area contributed by atoms with Gasteiger partial charge in [-0.3, -0.25) is 19.9 Å². The standard InChI is InChI=1S/C14H13ClN4O2S/c15-7-12(20)19-6-4-9-11(8-19)22-14(17-9)18-13(21)10-3-1-2-5-16-10/h1-3,5H,4,6-8H2,(H,17,18,21). The van der Waals surface area contributed by atoms with Crippen molar-refractivity contribution in [3.8, 4) is 0 Å². The highest BCUT2D eigenvalue weighted by atomic mass is 35.5. The SMILES string of the molecule is O=C(Nc1nc2c(s1)CN(C(=O)CCl)CC2)c1ccccn1. The predicted octanol–water partition coefficient (Wildman–Crippen LogP) is 1.91. The maximum absolute atomic E-state index is 12.1. The van der Waals surface area contributed by atoms with Gasteiger partial charge in [-0.05, 0) is 12.1 Å². The molecule has 2 aromatic heterocycles. The van der Waals surface area contributed by atoms with E-state index in [4.69, 9.17) is 11.6 Å². The van der Waals surface area contributed by atoms with Crippen molar-refractivity contribution in [2.75, 3.05) is 17.7 Å². The number of carbonyl (C=O) groups excluding carboxylic acids is 2. The van der Waals surface area contributed by atoms with E-state index in [1.54, 1.807) is 29.3 Å². The Labute approximate surface area is 136 Å². The first kappa shape index (κ1) is 14.9. The second kappa shape index (κ2) is 6.41. The van der Waals surface area contributed by atoms with Crippen LogP contribution in [0.3, 0.4) is 0 Å². The Bertz CT molecular complexity index is 704. The Balaban J connectivity index is 1.72. The third-order valence-electron chi connectivity index (χ3n) is 3.32. The van der Waals surface area contributed by atoms with E-state index in [0.717, 1.165) is 10.6 Å². The van der Waals surface area contributed by atoms with Gasteiger partial charge < -0.3 is 4.90 Å². The molecule has 1 aliphatic rings. The van der Waals surface area contributed by atoms with Crippen molar-refractivity contribution in [2.24, 2.45) is 0 Å². The third kappa shape index (κ3) is 3.10. The molecule has 0 radical (unpaired) electrons. The maximum atomic E-state index is 12.1. The van der Waals surface area contributed by atoms with Gasteiger partial charge in [-0.2, -0.15) is 0 Å². The molecular weight excluding hydrogens is 324 g/mol. The summed E-state index contributed by atoms with van der Waals surface area (Å²) in [5, 5.41) is 3.28. The number of fused-ring (bicyclic) bond motifs is 1. The predicted molar refractivity (Wildman–Crippen MR) is 84.1 cm³/mol. The number of alkyl halides is 1. The van der Waals surface area contributed by atoms with Crippen LogP contribution in [0.15, 0.2) is 24.4 Å². The van der Waals surface area contributed by atoms with E-state index in [1.165, 1.54) is 11.3 Å². The first-order valence-corrected chi connectivity index (χ1v) is 8.07. The molecule has 0 bridgehead atoms. The van der Waals surface area contributed by atoms with E-state index in [1.807, 2.05) is 0 Å². The van der Waals surface area contributed by atoms with Crippen molar-refractivity contribution in [3.05, 3.63) is 40.7 Å². The summed E-state index contributed by atoms with van der Waals surface area (Å²) in [6, 6.07) is 5.15. The van der Waals surface area contributed by atoms with Gasteiger partial charge >= 0.3 is 0 Å². The minimum atomic E-state index is -0.291. The van der Waals surface area contributed by atoms with Crippen LogP contribution in [0.1, 0.15) is 21.1 Å². The molecule has 0 fully saturated rings. The molecule has 6 nitrogen and oxygen atoms in total. The maximum Gasteiger partial charge on any atom is 0.276 e. The Morgan fingerprint density at radius 1 is 1.41 bits per heavy atom. The quantitative estimate of drug-likeness (QED) is 0.869. The van der Waals surface area contributed by atoms with Crippen molar-refractivity contribution >= 4 is 39.9 Å². The molecule has 0 aliphatic carbocycles. The van der Waals surface area contributed by atoms with E-state index in [0.29, 0.717) is 30.3 Å². The lowest BCUT2D eigenvalue weighted by molar-refractivity contribution is -0.129. The molecule has 1 aliphatic heterocycles. The fourth-order valence-electron chi connectivity index (χ4n) is 2.20. The molecule has 114 valence electrons. The highest BCUT2D eigenvalue weighted by Gasteiger charge is 2.24. The number of thiazole rings is 1. The number of nitrogens with one attached hydrogen (secondary N) is 1. The second-order valence-corrected chi connectivity index (χ2v) is 6.11. The summed E-state index contributed by atoms with van der Waals surface area (Å²) < 4.78 is 0. The van der Waals surface area contributed by atoms with E-state index >= 15 is 0 Å². The van der Waals surface area contributed by atoms with Crippen LogP contribution in [0.25, 0.3) is 0 Å². The molecule has 0 aromatic carbocycles. The first-order valence-electron chi connectivity index (χ1n) is 6.72. The summed E-state index contributed by atoms with van der Waals surface area (Å²) in [5.41, 5.74) is 1.27. The lowest BCUT2D eigenvalue weighted by Crippen LogP contribution is -2.36. The topological polar surface area (TPSA) is 75.2 Å². The smallest absolute Gasteiger partial charge is 0.276 e. The van der Waals surface area contributed by atoms with E-state index in [-0.39, 0.29) is 17.7 Å². The van der Waals surface area contributed by atoms with Crippen LogP contribution in [-0.2, 0) is 17.8 Å². The van der Waals surface area contributed by atoms with Crippen LogP contribution in [0.2, 0.25) is 0 Å². The second-order valence-electron chi connectivity index (χ2n) is 4.76. The van der Waals surface area contributed by atoms with Gasteiger partial charge in [-0.15, -0.1) is 11.6 Å². The number of carbonyl (C=O) groups is 2. The van der Waals surface area contributed by atoms with Gasteiger partial charge in [0.1, 0.15) is 11.6 Å². The van der Waals surface area contributed by atoms with Crippen molar-refractivity contribution in [3.63, 3.8) is 0 Å². The average Bonchev–Trinajstić information content (AvgIpc) is 2.96. The molecule has 0 atom stereocenters. The number of rotatable bonds is 3. The van der Waals surface area contributed by atoms with Gasteiger partial charge in [0.05, 0.1) is 12.2 Å². The van der Waals surface area contributed by atoms with Crippen LogP contribution in [0.4, 0.5) is 5.13 Å². The molecule has 0 spiro atoms. The van der Waals surface area contributed by atoms with Gasteiger partial charge in [-0.25, -0.2) is 4.98 Å². The lowest BCUT2D eigenvalue weighted by Gasteiger charge is -2.25. The van der Waals surface area contributed by atoms with Gasteiger partial charge in [0.15, 0.2) is 5.13 Å². The zero-order valence-electron chi connectivity index (χ0n) is 11.6. The molecule has 1 N–H and O–H groups in total. The fraction of sp³-hybridized carbons (Fsp3) is 0.286. The molecular formula is C14H13ClN4O2S. The van der Waals surface area contributed by atoms with E-state index in [2.05, 4.69) is 15.3 Å². The normalized spacial score (nSPS) is 13.6. The molecule has 8 heteroatoms. The Hall–Kier alpha value is -1.99. The summed E-state index contributed by atoms with van der Waals surface area (Å²) in [6.45, 7) is 1.11. The van der Waals surface area contributed by atoms with Crippen molar-refractivity contribution in [1.29, 1.82) is 0 Å². The molecule has 3 heterocycles. The minimum Gasteiger partial charge on any atom is -0.336 e. The van der Waals surface area contributed by atoms with Gasteiger partial charge in [0, 0.05) is 24.0 Å². The number of halogens is 1. The van der Waals surface area contributed by atoms with E-state index < -0.39 is 0 Å². The number of anilines is 1. The molecule has 0 saturated carbocycles. The molecule has 2 amide bonds. The highest BCUT2D eigenvalue weighted by Crippen LogP contribution is 2.28. The monoisotopic (exact) mass is 336 g/mol. The fourth-order valence-corrected chi connectivity index (χ4v) is 3.39. The Kier molecular flexibility index (Phi) is 4.35. The van der Waals surface area contributed by atoms with Crippen LogP contribution in [-0.4, -0.2) is 39.1 Å². The van der Waals surface area contributed by atoms with Gasteiger partial charge in [0.2, 0.25) is 5.91 Å². The number of aromatic nitrogens is 2. The number of hydrogen-bond donors (Lipinski definition) is 1. The Morgan fingerprint density at radius 2 is 2.27 bits per heavy atom. The van der Waals surface area contributed by atoms with Crippen LogP contribution in [0.5, 0.6) is 0 Å². The lowest BCUT2D eigenvalue weighted by atomic mass is 10.2.